The zero-order valence-electron chi connectivity index (χ0n) is 15.5. The molecule has 0 atom stereocenters. The fourth-order valence-corrected chi connectivity index (χ4v) is 3.42. The maximum absolute atomic E-state index is 11.8. The Morgan fingerprint density at radius 2 is 1.88 bits per heavy atom. The van der Waals surface area contributed by atoms with Crippen molar-refractivity contribution in [2.24, 2.45) is 5.92 Å². The van der Waals surface area contributed by atoms with Crippen molar-refractivity contribution in [1.82, 2.24) is 10.2 Å². The van der Waals surface area contributed by atoms with Gasteiger partial charge in [0.2, 0.25) is 5.91 Å². The lowest BCUT2D eigenvalue weighted by Gasteiger charge is -2.32. The zero-order valence-corrected chi connectivity index (χ0v) is 15.5. The first-order valence-electron chi connectivity index (χ1n) is 9.67. The monoisotopic (exact) mass is 352 g/mol. The van der Waals surface area contributed by atoms with E-state index in [9.17, 15) is 4.79 Å². The number of unbranched alkanes of at least 4 members (excludes halogenated alkanes) is 1. The summed E-state index contributed by atoms with van der Waals surface area (Å²) in [5.41, 5.74) is 1.42. The predicted octanol–water partition coefficient (Wildman–Crippen LogP) is 4.06. The maximum Gasteiger partial charge on any atom is 0.225 e. The molecule has 0 radical (unpaired) electrons. The molecule has 0 bridgehead atoms. The Morgan fingerprint density at radius 3 is 2.54 bits per heavy atom. The molecule has 3 rings (SSSR count). The molecule has 1 saturated heterocycles. The van der Waals surface area contributed by atoms with Gasteiger partial charge in [0.05, 0.1) is 0 Å². The van der Waals surface area contributed by atoms with E-state index < -0.39 is 0 Å². The highest BCUT2D eigenvalue weighted by Crippen LogP contribution is 2.24. The van der Waals surface area contributed by atoms with Crippen molar-refractivity contribution < 1.29 is 4.79 Å². The lowest BCUT2D eigenvalue weighted by atomic mass is 9.90. The molecule has 1 aliphatic rings. The Bertz CT molecular complexity index is 679. The molecule has 1 aliphatic heterocycles. The van der Waals surface area contributed by atoms with E-state index in [0.29, 0.717) is 12.2 Å². The second kappa shape index (κ2) is 9.32. The summed E-state index contributed by atoms with van der Waals surface area (Å²) in [4.78, 5) is 14.0. The Balaban J connectivity index is 1.47. The van der Waals surface area contributed by atoms with Crippen molar-refractivity contribution in [3.63, 3.8) is 0 Å². The van der Waals surface area contributed by atoms with Gasteiger partial charge in [0, 0.05) is 19.5 Å². The number of nitrogens with zero attached hydrogens (tertiary/aromatic N) is 3. The number of piperidine rings is 1. The van der Waals surface area contributed by atoms with Crippen molar-refractivity contribution in [3.05, 3.63) is 48.0 Å². The molecule has 5 heteroatoms. The van der Waals surface area contributed by atoms with E-state index in [0.717, 1.165) is 44.1 Å². The lowest BCUT2D eigenvalue weighted by molar-refractivity contribution is -0.116. The van der Waals surface area contributed by atoms with Gasteiger partial charge in [0.1, 0.15) is 0 Å². The van der Waals surface area contributed by atoms with Gasteiger partial charge >= 0.3 is 0 Å². The van der Waals surface area contributed by atoms with E-state index in [4.69, 9.17) is 0 Å². The van der Waals surface area contributed by atoms with Gasteiger partial charge in [-0.15, -0.1) is 10.2 Å². The van der Waals surface area contributed by atoms with Crippen LogP contribution >= 0.6 is 0 Å². The fourth-order valence-electron chi connectivity index (χ4n) is 3.42. The minimum atomic E-state index is 0.00984. The minimum Gasteiger partial charge on any atom is -0.355 e. The molecule has 0 unspecified atom stereocenters. The molecule has 0 saturated carbocycles. The van der Waals surface area contributed by atoms with Gasteiger partial charge in [0.15, 0.2) is 11.6 Å². The molecule has 1 aromatic carbocycles. The van der Waals surface area contributed by atoms with E-state index in [2.05, 4.69) is 57.7 Å². The average Bonchev–Trinajstić information content (AvgIpc) is 2.68. The van der Waals surface area contributed by atoms with E-state index >= 15 is 0 Å². The summed E-state index contributed by atoms with van der Waals surface area (Å²) in [6.45, 7) is 4.09. The number of rotatable bonds is 7. The number of hydrogen-bond acceptors (Lipinski definition) is 4. The molecule has 26 heavy (non-hydrogen) atoms. The normalized spacial score (nSPS) is 15.0. The third-order valence-corrected chi connectivity index (χ3v) is 4.98. The van der Waals surface area contributed by atoms with Crippen molar-refractivity contribution in [2.45, 2.75) is 45.4 Å². The minimum absolute atomic E-state index is 0.00984. The number of carbonyl (C=O) groups is 1. The van der Waals surface area contributed by atoms with Gasteiger partial charge in [-0.3, -0.25) is 4.79 Å². The molecule has 2 aromatic rings. The van der Waals surface area contributed by atoms with Crippen LogP contribution in [0.25, 0.3) is 0 Å². The van der Waals surface area contributed by atoms with Crippen LogP contribution in [0.15, 0.2) is 42.5 Å². The molecular formula is C21H28N4O. The smallest absolute Gasteiger partial charge is 0.225 e. The van der Waals surface area contributed by atoms with Crippen LogP contribution in [0.3, 0.4) is 0 Å². The Morgan fingerprint density at radius 1 is 1.12 bits per heavy atom. The summed E-state index contributed by atoms with van der Waals surface area (Å²) < 4.78 is 0. The molecular weight excluding hydrogens is 324 g/mol. The molecule has 0 aliphatic carbocycles. The number of anilines is 2. The first kappa shape index (κ1) is 18.4. The van der Waals surface area contributed by atoms with Crippen LogP contribution in [0.2, 0.25) is 0 Å². The van der Waals surface area contributed by atoms with Crippen LogP contribution in [-0.2, 0) is 11.2 Å². The van der Waals surface area contributed by atoms with Gasteiger partial charge in [-0.2, -0.15) is 0 Å². The largest absolute Gasteiger partial charge is 0.355 e. The number of amides is 1. The van der Waals surface area contributed by atoms with E-state index in [1.807, 2.05) is 12.1 Å². The number of nitrogens with one attached hydrogen (secondary N) is 1. The first-order chi connectivity index (χ1) is 12.7. The lowest BCUT2D eigenvalue weighted by Crippen LogP contribution is -2.35. The zero-order chi connectivity index (χ0) is 18.2. The molecule has 1 fully saturated rings. The van der Waals surface area contributed by atoms with Gasteiger partial charge in [-0.05, 0) is 49.3 Å². The third-order valence-electron chi connectivity index (χ3n) is 4.98. The topological polar surface area (TPSA) is 58.1 Å². The second-order valence-corrected chi connectivity index (χ2v) is 7.05. The number of aromatic nitrogens is 2. The molecule has 5 nitrogen and oxygen atoms in total. The number of benzene rings is 1. The molecule has 138 valence electrons. The summed E-state index contributed by atoms with van der Waals surface area (Å²) in [7, 11) is 0. The third kappa shape index (κ3) is 5.28. The quantitative estimate of drug-likeness (QED) is 0.816. The van der Waals surface area contributed by atoms with Crippen LogP contribution in [-0.4, -0.2) is 29.2 Å². The number of hydrogen-bond donors (Lipinski definition) is 1. The SMILES string of the molecule is CCCCC(=O)Nc1ccc(N2CCC(Cc3ccccc3)CC2)nn1. The van der Waals surface area contributed by atoms with Gasteiger partial charge in [0.25, 0.3) is 0 Å². The fraction of sp³-hybridized carbons (Fsp3) is 0.476. The van der Waals surface area contributed by atoms with Crippen molar-refractivity contribution in [1.29, 1.82) is 0 Å². The van der Waals surface area contributed by atoms with E-state index in [1.165, 1.54) is 18.4 Å². The summed E-state index contributed by atoms with van der Waals surface area (Å²) in [5.74, 6) is 2.18. The highest BCUT2D eigenvalue weighted by Gasteiger charge is 2.20. The van der Waals surface area contributed by atoms with Crippen LogP contribution in [0.4, 0.5) is 11.6 Å². The summed E-state index contributed by atoms with van der Waals surface area (Å²) in [5, 5.41) is 11.3. The molecule has 1 N–H and O–H groups in total. The van der Waals surface area contributed by atoms with Gasteiger partial charge in [-0.25, -0.2) is 0 Å². The highest BCUT2D eigenvalue weighted by atomic mass is 16.1. The summed E-state index contributed by atoms with van der Waals surface area (Å²) in [6.07, 6.45) is 5.95. The first-order valence-corrected chi connectivity index (χ1v) is 9.67. The second-order valence-electron chi connectivity index (χ2n) is 7.05. The molecule has 2 heterocycles. The van der Waals surface area contributed by atoms with Gasteiger partial charge in [-0.1, -0.05) is 43.7 Å². The average molecular weight is 352 g/mol. The van der Waals surface area contributed by atoms with Crippen molar-refractivity contribution in [2.75, 3.05) is 23.3 Å². The van der Waals surface area contributed by atoms with Crippen molar-refractivity contribution >= 4 is 17.5 Å². The van der Waals surface area contributed by atoms with Crippen LogP contribution in [0.1, 0.15) is 44.6 Å². The summed E-state index contributed by atoms with van der Waals surface area (Å²) >= 11 is 0. The Labute approximate surface area is 155 Å². The van der Waals surface area contributed by atoms with E-state index in [1.54, 1.807) is 0 Å². The molecule has 1 aromatic heterocycles. The number of carbonyl (C=O) groups excluding carboxylic acids is 1. The van der Waals surface area contributed by atoms with Crippen LogP contribution in [0, 0.1) is 5.92 Å². The Kier molecular flexibility index (Phi) is 6.58. The van der Waals surface area contributed by atoms with E-state index in [-0.39, 0.29) is 5.91 Å². The molecule has 1 amide bonds. The Hall–Kier alpha value is -2.43. The summed E-state index contributed by atoms with van der Waals surface area (Å²) in [6, 6.07) is 14.5. The van der Waals surface area contributed by atoms with Crippen LogP contribution in [0.5, 0.6) is 0 Å². The van der Waals surface area contributed by atoms with Gasteiger partial charge < -0.3 is 10.2 Å². The van der Waals surface area contributed by atoms with Crippen molar-refractivity contribution in [3.8, 4) is 0 Å². The standard InChI is InChI=1S/C21H28N4O/c1-2-3-9-21(26)22-19-10-11-20(24-23-19)25-14-12-18(13-15-25)16-17-7-5-4-6-8-17/h4-8,10-11,18H,2-3,9,12-16H2,1H3,(H,22,23,26). The molecule has 0 spiro atoms. The van der Waals surface area contributed by atoms with Crippen LogP contribution < -0.4 is 10.2 Å². The predicted molar refractivity (Wildman–Crippen MR) is 105 cm³/mol. The highest BCUT2D eigenvalue weighted by molar-refractivity contribution is 5.89. The maximum atomic E-state index is 11.8.